The Kier molecular flexibility index (Phi) is 6.17. The SMILES string of the molecule is c1ccc(-c2cc(-c3ccccc3)nc(-c3ccccc3-c3cccc(-c4ccc5c6c(cccc46)-c4ccccc4-5)c3)n2)cc1. The lowest BCUT2D eigenvalue weighted by Gasteiger charge is -2.14. The lowest BCUT2D eigenvalue weighted by Crippen LogP contribution is -1.97. The van der Waals surface area contributed by atoms with Crippen molar-refractivity contribution < 1.29 is 0 Å². The van der Waals surface area contributed by atoms with Crippen molar-refractivity contribution in [3.05, 3.63) is 170 Å². The van der Waals surface area contributed by atoms with Crippen LogP contribution >= 0.6 is 0 Å². The summed E-state index contributed by atoms with van der Waals surface area (Å²) in [5.41, 5.74) is 14.9. The Labute approximate surface area is 268 Å². The van der Waals surface area contributed by atoms with Gasteiger partial charge < -0.3 is 0 Å². The van der Waals surface area contributed by atoms with Crippen LogP contribution in [0.15, 0.2) is 170 Å². The maximum absolute atomic E-state index is 5.14. The van der Waals surface area contributed by atoms with Crippen LogP contribution < -0.4 is 0 Å². The van der Waals surface area contributed by atoms with Crippen LogP contribution in [0.5, 0.6) is 0 Å². The molecule has 0 atom stereocenters. The molecule has 0 bridgehead atoms. The zero-order valence-electron chi connectivity index (χ0n) is 25.1. The third-order valence-electron chi connectivity index (χ3n) is 9.07. The zero-order chi connectivity index (χ0) is 30.5. The summed E-state index contributed by atoms with van der Waals surface area (Å²) >= 11 is 0. The first-order valence-electron chi connectivity index (χ1n) is 15.7. The van der Waals surface area contributed by atoms with Gasteiger partial charge in [0.1, 0.15) is 0 Å². The molecule has 0 spiro atoms. The normalized spacial score (nSPS) is 11.5. The van der Waals surface area contributed by atoms with Crippen molar-refractivity contribution >= 4 is 10.8 Å². The Morgan fingerprint density at radius 3 is 1.39 bits per heavy atom. The molecular weight excluding hydrogens is 556 g/mol. The molecule has 46 heavy (non-hydrogen) atoms. The average Bonchev–Trinajstić information content (AvgIpc) is 3.47. The molecule has 0 radical (unpaired) electrons. The molecule has 8 aromatic rings. The van der Waals surface area contributed by atoms with Crippen molar-refractivity contribution in [3.8, 4) is 78.4 Å². The summed E-state index contributed by atoms with van der Waals surface area (Å²) in [5, 5.41) is 2.62. The standard InChI is InChI=1S/C44H28N2/c1-3-13-29(14-4-1)41-28-42(30-15-5-2-6-16-30)46-44(45-41)40-22-10-7-19-33(40)31-17-11-18-32(27-31)34-25-26-39-36-21-9-8-20-35(36)38-24-12-23-37(34)43(38)39/h1-28H. The van der Waals surface area contributed by atoms with Crippen LogP contribution in [0.2, 0.25) is 0 Å². The fraction of sp³-hybridized carbons (Fsp3) is 0. The van der Waals surface area contributed by atoms with Crippen molar-refractivity contribution in [2.24, 2.45) is 0 Å². The summed E-state index contributed by atoms with van der Waals surface area (Å²) < 4.78 is 0. The maximum Gasteiger partial charge on any atom is 0.161 e. The van der Waals surface area contributed by atoms with Crippen LogP contribution in [0.25, 0.3) is 89.2 Å². The van der Waals surface area contributed by atoms with Crippen LogP contribution in [-0.4, -0.2) is 9.97 Å². The van der Waals surface area contributed by atoms with Gasteiger partial charge in [-0.1, -0.05) is 158 Å². The predicted molar refractivity (Wildman–Crippen MR) is 191 cm³/mol. The smallest absolute Gasteiger partial charge is 0.161 e. The van der Waals surface area contributed by atoms with Gasteiger partial charge in [0.25, 0.3) is 0 Å². The molecule has 0 saturated carbocycles. The summed E-state index contributed by atoms with van der Waals surface area (Å²) in [7, 11) is 0. The van der Waals surface area contributed by atoms with E-state index in [0.29, 0.717) is 5.82 Å². The number of nitrogens with zero attached hydrogens (tertiary/aromatic N) is 2. The largest absolute Gasteiger partial charge is 0.228 e. The molecule has 7 aromatic carbocycles. The van der Waals surface area contributed by atoms with Gasteiger partial charge >= 0.3 is 0 Å². The topological polar surface area (TPSA) is 25.8 Å². The Balaban J connectivity index is 1.19. The van der Waals surface area contributed by atoms with Crippen molar-refractivity contribution in [2.75, 3.05) is 0 Å². The minimum Gasteiger partial charge on any atom is -0.228 e. The van der Waals surface area contributed by atoms with Gasteiger partial charge in [0.2, 0.25) is 0 Å². The first-order valence-corrected chi connectivity index (χ1v) is 15.7. The predicted octanol–water partition coefficient (Wildman–Crippen LogP) is 11.6. The van der Waals surface area contributed by atoms with Crippen molar-refractivity contribution in [3.63, 3.8) is 0 Å². The third kappa shape index (κ3) is 4.35. The number of rotatable bonds is 5. The molecule has 1 heterocycles. The Morgan fingerprint density at radius 1 is 0.283 bits per heavy atom. The van der Waals surface area contributed by atoms with Gasteiger partial charge in [0.15, 0.2) is 5.82 Å². The number of hydrogen-bond acceptors (Lipinski definition) is 2. The summed E-state index contributed by atoms with van der Waals surface area (Å²) in [5.74, 6) is 0.712. The molecule has 214 valence electrons. The second-order valence-corrected chi connectivity index (χ2v) is 11.8. The van der Waals surface area contributed by atoms with Crippen LogP contribution in [0.4, 0.5) is 0 Å². The van der Waals surface area contributed by atoms with Crippen molar-refractivity contribution in [1.82, 2.24) is 9.97 Å². The van der Waals surface area contributed by atoms with E-state index in [9.17, 15) is 0 Å². The molecule has 2 nitrogen and oxygen atoms in total. The molecule has 9 rings (SSSR count). The van der Waals surface area contributed by atoms with E-state index in [4.69, 9.17) is 9.97 Å². The van der Waals surface area contributed by atoms with E-state index >= 15 is 0 Å². The van der Waals surface area contributed by atoms with Crippen molar-refractivity contribution in [1.29, 1.82) is 0 Å². The number of fused-ring (bicyclic) bond motifs is 3. The Morgan fingerprint density at radius 2 is 0.739 bits per heavy atom. The highest BCUT2D eigenvalue weighted by Gasteiger charge is 2.22. The molecule has 2 heteroatoms. The minimum atomic E-state index is 0.712. The van der Waals surface area contributed by atoms with E-state index in [-0.39, 0.29) is 0 Å². The fourth-order valence-electron chi connectivity index (χ4n) is 6.93. The van der Waals surface area contributed by atoms with E-state index in [1.807, 2.05) is 12.1 Å². The van der Waals surface area contributed by atoms with Crippen LogP contribution in [0.1, 0.15) is 0 Å². The molecule has 0 N–H and O–H groups in total. The summed E-state index contributed by atoms with van der Waals surface area (Å²) in [6.45, 7) is 0. The molecular formula is C44H28N2. The second kappa shape index (κ2) is 10.8. The van der Waals surface area contributed by atoms with E-state index in [1.54, 1.807) is 0 Å². The highest BCUT2D eigenvalue weighted by atomic mass is 14.9. The minimum absolute atomic E-state index is 0.712. The van der Waals surface area contributed by atoms with Gasteiger partial charge in [0.05, 0.1) is 11.4 Å². The first kappa shape index (κ1) is 26.3. The van der Waals surface area contributed by atoms with Crippen LogP contribution in [0.3, 0.4) is 0 Å². The first-order chi connectivity index (χ1) is 22.8. The van der Waals surface area contributed by atoms with Crippen LogP contribution in [0, 0.1) is 0 Å². The Hall–Kier alpha value is -6.12. The molecule has 1 aliphatic carbocycles. The quantitative estimate of drug-likeness (QED) is 0.201. The van der Waals surface area contributed by atoms with E-state index in [0.717, 1.165) is 39.2 Å². The molecule has 0 aliphatic heterocycles. The second-order valence-electron chi connectivity index (χ2n) is 11.8. The maximum atomic E-state index is 5.14. The van der Waals surface area contributed by atoms with E-state index in [2.05, 4.69) is 158 Å². The number of benzene rings is 7. The average molecular weight is 585 g/mol. The lowest BCUT2D eigenvalue weighted by atomic mass is 9.91. The molecule has 1 aliphatic rings. The van der Waals surface area contributed by atoms with Gasteiger partial charge in [-0.3, -0.25) is 0 Å². The van der Waals surface area contributed by atoms with Crippen molar-refractivity contribution in [2.45, 2.75) is 0 Å². The summed E-state index contributed by atoms with van der Waals surface area (Å²) in [4.78, 5) is 10.3. The molecule has 0 amide bonds. The fourth-order valence-corrected chi connectivity index (χ4v) is 6.93. The van der Waals surface area contributed by atoms with Gasteiger partial charge in [-0.2, -0.15) is 0 Å². The molecule has 1 aromatic heterocycles. The lowest BCUT2D eigenvalue weighted by molar-refractivity contribution is 1.18. The Bertz CT molecular complexity index is 2320. The number of aromatic nitrogens is 2. The zero-order valence-corrected chi connectivity index (χ0v) is 25.1. The summed E-state index contributed by atoms with van der Waals surface area (Å²) in [6, 6.07) is 60.2. The molecule has 0 fully saturated rings. The summed E-state index contributed by atoms with van der Waals surface area (Å²) in [6.07, 6.45) is 0. The van der Waals surface area contributed by atoms with E-state index in [1.165, 1.54) is 44.2 Å². The third-order valence-corrected chi connectivity index (χ3v) is 9.07. The van der Waals surface area contributed by atoms with E-state index < -0.39 is 0 Å². The van der Waals surface area contributed by atoms with Crippen LogP contribution in [-0.2, 0) is 0 Å². The van der Waals surface area contributed by atoms with Gasteiger partial charge in [-0.15, -0.1) is 0 Å². The van der Waals surface area contributed by atoms with Gasteiger partial charge in [0, 0.05) is 16.7 Å². The van der Waals surface area contributed by atoms with Gasteiger partial charge in [-0.05, 0) is 67.4 Å². The molecule has 0 saturated heterocycles. The van der Waals surface area contributed by atoms with Gasteiger partial charge in [-0.25, -0.2) is 9.97 Å². The number of hydrogen-bond donors (Lipinski definition) is 0. The highest BCUT2D eigenvalue weighted by Crippen LogP contribution is 2.49. The monoisotopic (exact) mass is 584 g/mol. The molecule has 0 unspecified atom stereocenters. The highest BCUT2D eigenvalue weighted by molar-refractivity contribution is 6.18.